The number of Topliss-reactive ketones (excluding diaryl/α,β-unsaturated/α-hetero) is 1. The van der Waals surface area contributed by atoms with Crippen LogP contribution in [0.25, 0.3) is 5.76 Å². The molecule has 0 bridgehead atoms. The van der Waals surface area contributed by atoms with E-state index in [4.69, 9.17) is 18.9 Å². The van der Waals surface area contributed by atoms with Crippen LogP contribution in [0.3, 0.4) is 0 Å². The van der Waals surface area contributed by atoms with E-state index in [1.165, 1.54) is 12.0 Å². The number of thiazole rings is 1. The lowest BCUT2D eigenvalue weighted by Gasteiger charge is -2.24. The fraction of sp³-hybridized carbons (Fsp3) is 0.333. The molecule has 1 amide bonds. The number of anilines is 1. The van der Waals surface area contributed by atoms with E-state index >= 15 is 0 Å². The first kappa shape index (κ1) is 29.6. The normalized spacial score (nSPS) is 16.1. The number of amides is 1. The highest BCUT2D eigenvalue weighted by Crippen LogP contribution is 2.45. The van der Waals surface area contributed by atoms with Gasteiger partial charge in [-0.3, -0.25) is 14.5 Å². The molecule has 3 aromatic rings. The minimum Gasteiger partial charge on any atom is -0.507 e. The van der Waals surface area contributed by atoms with Crippen LogP contribution < -0.4 is 19.1 Å². The second-order valence-corrected chi connectivity index (χ2v) is 9.99. The smallest absolute Gasteiger partial charge is 0.350 e. The first-order valence-corrected chi connectivity index (χ1v) is 14.1. The number of aryl methyl sites for hydroxylation is 1. The van der Waals surface area contributed by atoms with Crippen LogP contribution in [0.4, 0.5) is 5.13 Å². The third-order valence-corrected chi connectivity index (χ3v) is 7.43. The summed E-state index contributed by atoms with van der Waals surface area (Å²) >= 11 is 0.930. The van der Waals surface area contributed by atoms with E-state index in [1.54, 1.807) is 49.4 Å². The van der Waals surface area contributed by atoms with Gasteiger partial charge in [-0.05, 0) is 69.2 Å². The van der Waals surface area contributed by atoms with E-state index in [2.05, 4.69) is 4.98 Å². The lowest BCUT2D eigenvalue weighted by molar-refractivity contribution is -0.132. The Kier molecular flexibility index (Phi) is 9.28. The van der Waals surface area contributed by atoms with Crippen molar-refractivity contribution in [1.29, 1.82) is 0 Å². The van der Waals surface area contributed by atoms with Crippen LogP contribution in [-0.2, 0) is 14.3 Å². The Labute approximate surface area is 242 Å². The van der Waals surface area contributed by atoms with Gasteiger partial charge in [0, 0.05) is 5.56 Å². The van der Waals surface area contributed by atoms with Gasteiger partial charge in [-0.2, -0.15) is 0 Å². The van der Waals surface area contributed by atoms with E-state index in [0.717, 1.165) is 17.8 Å². The molecule has 1 N–H and O–H groups in total. The van der Waals surface area contributed by atoms with Crippen LogP contribution in [0.15, 0.2) is 48.0 Å². The van der Waals surface area contributed by atoms with Gasteiger partial charge in [0.2, 0.25) is 0 Å². The number of aliphatic hydroxyl groups excluding tert-OH is 1. The van der Waals surface area contributed by atoms with E-state index < -0.39 is 23.7 Å². The number of ether oxygens (including phenoxy) is 4. The molecule has 1 atom stereocenters. The Morgan fingerprint density at radius 2 is 1.71 bits per heavy atom. The number of carbonyl (C=O) groups is 3. The molecule has 4 rings (SSSR count). The molecule has 11 heteroatoms. The van der Waals surface area contributed by atoms with Gasteiger partial charge in [0.1, 0.15) is 16.4 Å². The molecule has 0 aliphatic carbocycles. The molecule has 0 radical (unpaired) electrons. The van der Waals surface area contributed by atoms with Gasteiger partial charge in [-0.25, -0.2) is 9.78 Å². The molecule has 1 aliphatic rings. The first-order chi connectivity index (χ1) is 19.7. The second-order valence-electron chi connectivity index (χ2n) is 9.02. The molecule has 10 nitrogen and oxygen atoms in total. The minimum atomic E-state index is -1.07. The van der Waals surface area contributed by atoms with Gasteiger partial charge in [0.25, 0.3) is 5.78 Å². The molecule has 1 aliphatic heterocycles. The van der Waals surface area contributed by atoms with Crippen molar-refractivity contribution >= 4 is 39.9 Å². The molecular formula is C30H32N2O8S. The zero-order chi connectivity index (χ0) is 29.7. The summed E-state index contributed by atoms with van der Waals surface area (Å²) in [6, 6.07) is 10.6. The second kappa shape index (κ2) is 12.9. The number of hydrogen-bond acceptors (Lipinski definition) is 10. The number of nitrogens with zero attached hydrogens (tertiary/aromatic N) is 2. The SMILES string of the molecule is CCCOc1ccc(C2/C(=C(\O)c3ccc(OCC)cc3)C(=O)C(=O)N2c2nc(C)c(C(=O)OC)s2)cc1OCC. The molecule has 1 fully saturated rings. The first-order valence-electron chi connectivity index (χ1n) is 13.2. The summed E-state index contributed by atoms with van der Waals surface area (Å²) in [6.45, 7) is 8.60. The monoisotopic (exact) mass is 580 g/mol. The van der Waals surface area contributed by atoms with Crippen LogP contribution in [0, 0.1) is 6.92 Å². The fourth-order valence-corrected chi connectivity index (χ4v) is 5.45. The maximum absolute atomic E-state index is 13.6. The topological polar surface area (TPSA) is 124 Å². The summed E-state index contributed by atoms with van der Waals surface area (Å²) in [7, 11) is 1.25. The average molecular weight is 581 g/mol. The summed E-state index contributed by atoms with van der Waals surface area (Å²) < 4.78 is 22.0. The molecule has 41 heavy (non-hydrogen) atoms. The zero-order valence-corrected chi connectivity index (χ0v) is 24.4. The van der Waals surface area contributed by atoms with Gasteiger partial charge in [-0.15, -0.1) is 0 Å². The zero-order valence-electron chi connectivity index (χ0n) is 23.6. The molecule has 216 valence electrons. The molecular weight excluding hydrogens is 548 g/mol. The summed E-state index contributed by atoms with van der Waals surface area (Å²) in [5.41, 5.74) is 1.03. The van der Waals surface area contributed by atoms with Crippen molar-refractivity contribution in [3.63, 3.8) is 0 Å². The number of aromatic nitrogens is 1. The molecule has 2 aromatic carbocycles. The minimum absolute atomic E-state index is 0.116. The van der Waals surface area contributed by atoms with Crippen LogP contribution in [-0.4, -0.2) is 54.7 Å². The van der Waals surface area contributed by atoms with Gasteiger partial charge in [0.15, 0.2) is 16.6 Å². The van der Waals surface area contributed by atoms with Crippen LogP contribution in [0.2, 0.25) is 0 Å². The summed E-state index contributed by atoms with van der Waals surface area (Å²) in [5, 5.41) is 11.6. The van der Waals surface area contributed by atoms with Crippen LogP contribution in [0.1, 0.15) is 59.7 Å². The summed E-state index contributed by atoms with van der Waals surface area (Å²) in [4.78, 5) is 45.3. The standard InChI is InChI=1S/C30H32N2O8S/c1-6-15-40-21-14-11-19(16-22(21)39-8-3)24-23(25(33)18-9-12-20(13-10-18)38-7-2)26(34)28(35)32(24)30-31-17(4)27(41-30)29(36)37-5/h9-14,16,24,33H,6-8,15H2,1-5H3/b25-23+. The largest absolute Gasteiger partial charge is 0.507 e. The lowest BCUT2D eigenvalue weighted by atomic mass is 9.95. The van der Waals surface area contributed by atoms with Crippen LogP contribution >= 0.6 is 11.3 Å². The number of ketones is 1. The number of esters is 1. The van der Waals surface area contributed by atoms with E-state index in [0.29, 0.717) is 53.9 Å². The van der Waals surface area contributed by atoms with Crippen LogP contribution in [0.5, 0.6) is 17.2 Å². The van der Waals surface area contributed by atoms with Crippen molar-refractivity contribution < 1.29 is 38.4 Å². The fourth-order valence-electron chi connectivity index (χ4n) is 4.44. The highest BCUT2D eigenvalue weighted by atomic mass is 32.1. The van der Waals surface area contributed by atoms with Gasteiger partial charge in [0.05, 0.1) is 44.2 Å². The predicted octanol–water partition coefficient (Wildman–Crippen LogP) is 5.45. The Hall–Kier alpha value is -4.38. The third-order valence-electron chi connectivity index (χ3n) is 6.29. The van der Waals surface area contributed by atoms with E-state index in [-0.39, 0.29) is 21.3 Å². The molecule has 2 heterocycles. The average Bonchev–Trinajstić information content (AvgIpc) is 3.48. The van der Waals surface area contributed by atoms with E-state index in [9.17, 15) is 19.5 Å². The Morgan fingerprint density at radius 3 is 2.34 bits per heavy atom. The molecule has 1 aromatic heterocycles. The maximum atomic E-state index is 13.6. The van der Waals surface area contributed by atoms with E-state index in [1.807, 2.05) is 20.8 Å². The number of rotatable bonds is 11. The molecule has 1 unspecified atom stereocenters. The third kappa shape index (κ3) is 5.90. The van der Waals surface area contributed by atoms with Crippen molar-refractivity contribution in [3.05, 3.63) is 69.7 Å². The highest BCUT2D eigenvalue weighted by molar-refractivity contribution is 7.17. The Morgan fingerprint density at radius 1 is 1.00 bits per heavy atom. The number of aliphatic hydroxyl groups is 1. The maximum Gasteiger partial charge on any atom is 0.350 e. The van der Waals surface area contributed by atoms with Gasteiger partial charge in [-0.1, -0.05) is 24.3 Å². The van der Waals surface area contributed by atoms with Crippen molar-refractivity contribution in [2.24, 2.45) is 0 Å². The number of methoxy groups -OCH3 is 1. The number of benzene rings is 2. The summed E-state index contributed by atoms with van der Waals surface area (Å²) in [5.74, 6) is -1.21. The molecule has 0 saturated carbocycles. The lowest BCUT2D eigenvalue weighted by Crippen LogP contribution is -2.29. The molecule has 1 saturated heterocycles. The highest BCUT2D eigenvalue weighted by Gasteiger charge is 2.48. The van der Waals surface area contributed by atoms with Crippen molar-refractivity contribution in [2.75, 3.05) is 31.8 Å². The summed E-state index contributed by atoms with van der Waals surface area (Å²) in [6.07, 6.45) is 0.793. The van der Waals surface area contributed by atoms with Gasteiger partial charge >= 0.3 is 11.9 Å². The Balaban J connectivity index is 1.92. The van der Waals surface area contributed by atoms with Crippen molar-refractivity contribution in [2.45, 2.75) is 40.2 Å². The predicted molar refractivity (Wildman–Crippen MR) is 154 cm³/mol. The number of hydrogen-bond donors (Lipinski definition) is 1. The van der Waals surface area contributed by atoms with Gasteiger partial charge < -0.3 is 24.1 Å². The molecule has 0 spiro atoms. The van der Waals surface area contributed by atoms with Crippen molar-refractivity contribution in [3.8, 4) is 17.2 Å². The van der Waals surface area contributed by atoms with Crippen molar-refractivity contribution in [1.82, 2.24) is 4.98 Å². The number of carbonyl (C=O) groups excluding carboxylic acids is 3. The quantitative estimate of drug-likeness (QED) is 0.136. The Bertz CT molecular complexity index is 1480.